The number of halogens is 1. The monoisotopic (exact) mass is 261 g/mol. The molecule has 0 radical (unpaired) electrons. The van der Waals surface area contributed by atoms with E-state index in [1.54, 1.807) is 11.8 Å². The average molecular weight is 261 g/mol. The summed E-state index contributed by atoms with van der Waals surface area (Å²) < 4.78 is 12.8. The zero-order valence-corrected chi connectivity index (χ0v) is 11.4. The van der Waals surface area contributed by atoms with E-state index >= 15 is 0 Å². The fourth-order valence-corrected chi connectivity index (χ4v) is 2.44. The van der Waals surface area contributed by atoms with Gasteiger partial charge in [-0.1, -0.05) is 12.1 Å². The average Bonchev–Trinajstić information content (AvgIpc) is 2.38. The van der Waals surface area contributed by atoms with E-state index in [1.807, 2.05) is 26.2 Å². The van der Waals surface area contributed by atoms with Gasteiger partial charge in [-0.05, 0) is 42.0 Å². The molecule has 0 N–H and O–H groups in total. The minimum Gasteiger partial charge on any atom is -0.378 e. The summed E-state index contributed by atoms with van der Waals surface area (Å²) in [5, 5.41) is 0. The van der Waals surface area contributed by atoms with Crippen molar-refractivity contribution in [1.29, 1.82) is 0 Å². The van der Waals surface area contributed by atoms with Crippen LogP contribution in [0.1, 0.15) is 5.56 Å². The quantitative estimate of drug-likeness (QED) is 0.759. The molecular formula is C15H16FNS. The minimum absolute atomic E-state index is 0.181. The Hall–Kier alpha value is -1.48. The van der Waals surface area contributed by atoms with Crippen LogP contribution in [0.3, 0.4) is 0 Å². The van der Waals surface area contributed by atoms with Crippen molar-refractivity contribution in [3.05, 3.63) is 59.9 Å². The maximum atomic E-state index is 12.8. The van der Waals surface area contributed by atoms with Gasteiger partial charge in [0, 0.05) is 30.4 Å². The van der Waals surface area contributed by atoms with Crippen LogP contribution in [0.15, 0.2) is 53.4 Å². The highest BCUT2D eigenvalue weighted by atomic mass is 32.2. The van der Waals surface area contributed by atoms with E-state index in [0.717, 1.165) is 11.3 Å². The molecule has 0 atom stereocenters. The highest BCUT2D eigenvalue weighted by Gasteiger charge is 1.99. The first-order valence-electron chi connectivity index (χ1n) is 5.80. The van der Waals surface area contributed by atoms with E-state index in [4.69, 9.17) is 0 Å². The molecule has 2 aromatic rings. The first-order valence-corrected chi connectivity index (χ1v) is 6.78. The predicted molar refractivity (Wildman–Crippen MR) is 76.7 cm³/mol. The van der Waals surface area contributed by atoms with Gasteiger partial charge in [0.15, 0.2) is 0 Å². The van der Waals surface area contributed by atoms with E-state index in [1.165, 1.54) is 22.7 Å². The smallest absolute Gasteiger partial charge is 0.123 e. The van der Waals surface area contributed by atoms with E-state index in [2.05, 4.69) is 29.2 Å². The Kier molecular flexibility index (Phi) is 4.26. The molecule has 0 unspecified atom stereocenters. The number of thioether (sulfide) groups is 1. The number of rotatable bonds is 4. The Morgan fingerprint density at radius 3 is 2.11 bits per heavy atom. The summed E-state index contributed by atoms with van der Waals surface area (Å²) in [4.78, 5) is 3.30. The number of anilines is 1. The zero-order valence-electron chi connectivity index (χ0n) is 10.6. The molecule has 3 heteroatoms. The van der Waals surface area contributed by atoms with Gasteiger partial charge >= 0.3 is 0 Å². The van der Waals surface area contributed by atoms with Crippen LogP contribution in [0, 0.1) is 5.82 Å². The van der Waals surface area contributed by atoms with E-state index < -0.39 is 0 Å². The number of nitrogens with zero attached hydrogens (tertiary/aromatic N) is 1. The molecule has 94 valence electrons. The Morgan fingerprint density at radius 2 is 1.56 bits per heavy atom. The molecule has 0 aromatic heterocycles. The van der Waals surface area contributed by atoms with E-state index in [9.17, 15) is 4.39 Å². The summed E-state index contributed by atoms with van der Waals surface area (Å²) in [6.07, 6.45) is 0. The highest BCUT2D eigenvalue weighted by Crippen LogP contribution is 2.24. The molecule has 1 nitrogen and oxygen atoms in total. The first-order chi connectivity index (χ1) is 8.65. The van der Waals surface area contributed by atoms with Crippen LogP contribution in [0.2, 0.25) is 0 Å². The Morgan fingerprint density at radius 1 is 0.944 bits per heavy atom. The summed E-state index contributed by atoms with van der Waals surface area (Å²) >= 11 is 1.76. The van der Waals surface area contributed by atoms with E-state index in [-0.39, 0.29) is 5.82 Å². The van der Waals surface area contributed by atoms with Crippen molar-refractivity contribution in [1.82, 2.24) is 0 Å². The third-order valence-electron chi connectivity index (χ3n) is 2.67. The van der Waals surface area contributed by atoms with Crippen LogP contribution < -0.4 is 4.90 Å². The van der Waals surface area contributed by atoms with Crippen molar-refractivity contribution in [3.8, 4) is 0 Å². The molecule has 18 heavy (non-hydrogen) atoms. The Labute approximate surface area is 112 Å². The molecule has 0 bridgehead atoms. The normalized spacial score (nSPS) is 10.4. The summed E-state index contributed by atoms with van der Waals surface area (Å²) in [6, 6.07) is 15.1. The van der Waals surface area contributed by atoms with Gasteiger partial charge in [0.1, 0.15) is 5.82 Å². The molecule has 0 amide bonds. The van der Waals surface area contributed by atoms with E-state index in [0.29, 0.717) is 0 Å². The van der Waals surface area contributed by atoms with Crippen molar-refractivity contribution in [2.24, 2.45) is 0 Å². The second kappa shape index (κ2) is 5.91. The Balaban J connectivity index is 1.95. The maximum Gasteiger partial charge on any atom is 0.123 e. The van der Waals surface area contributed by atoms with Crippen molar-refractivity contribution < 1.29 is 4.39 Å². The van der Waals surface area contributed by atoms with Gasteiger partial charge in [0.25, 0.3) is 0 Å². The molecule has 0 aliphatic heterocycles. The predicted octanol–water partition coefficient (Wildman–Crippen LogP) is 4.18. The number of hydrogen-bond donors (Lipinski definition) is 0. The standard InChI is InChI=1S/C15H16FNS/c1-17(2)14-7-9-15(10-8-14)18-11-12-3-5-13(16)6-4-12/h3-10H,11H2,1-2H3. The first kappa shape index (κ1) is 13.0. The third kappa shape index (κ3) is 3.50. The van der Waals surface area contributed by atoms with Gasteiger partial charge in [-0.25, -0.2) is 4.39 Å². The van der Waals surface area contributed by atoms with Crippen LogP contribution >= 0.6 is 11.8 Å². The van der Waals surface area contributed by atoms with Crippen molar-refractivity contribution >= 4 is 17.4 Å². The fraction of sp³-hybridized carbons (Fsp3) is 0.200. The van der Waals surface area contributed by atoms with Crippen molar-refractivity contribution in [3.63, 3.8) is 0 Å². The molecule has 0 saturated heterocycles. The lowest BCUT2D eigenvalue weighted by atomic mass is 10.2. The van der Waals surface area contributed by atoms with Crippen LogP contribution in [-0.4, -0.2) is 14.1 Å². The molecule has 0 heterocycles. The van der Waals surface area contributed by atoms with Crippen molar-refractivity contribution in [2.45, 2.75) is 10.6 Å². The molecule has 2 rings (SSSR count). The maximum absolute atomic E-state index is 12.8. The van der Waals surface area contributed by atoms with Gasteiger partial charge in [0.2, 0.25) is 0 Å². The molecule has 0 spiro atoms. The largest absolute Gasteiger partial charge is 0.378 e. The molecule has 0 aliphatic carbocycles. The number of hydrogen-bond acceptors (Lipinski definition) is 2. The van der Waals surface area contributed by atoms with Crippen molar-refractivity contribution in [2.75, 3.05) is 19.0 Å². The fourth-order valence-electron chi connectivity index (χ4n) is 1.59. The van der Waals surface area contributed by atoms with Crippen LogP contribution in [0.25, 0.3) is 0 Å². The number of benzene rings is 2. The van der Waals surface area contributed by atoms with Gasteiger partial charge < -0.3 is 4.90 Å². The molecule has 0 saturated carbocycles. The lowest BCUT2D eigenvalue weighted by molar-refractivity contribution is 0.627. The molecule has 0 aliphatic rings. The summed E-state index contributed by atoms with van der Waals surface area (Å²) in [5.41, 5.74) is 2.33. The lowest BCUT2D eigenvalue weighted by Crippen LogP contribution is -2.07. The Bertz CT molecular complexity index is 491. The summed E-state index contributed by atoms with van der Waals surface area (Å²) in [7, 11) is 4.06. The summed E-state index contributed by atoms with van der Waals surface area (Å²) in [6.45, 7) is 0. The van der Waals surface area contributed by atoms with Gasteiger partial charge in [-0.15, -0.1) is 11.8 Å². The van der Waals surface area contributed by atoms with Gasteiger partial charge in [0.05, 0.1) is 0 Å². The second-order valence-corrected chi connectivity index (χ2v) is 5.35. The zero-order chi connectivity index (χ0) is 13.0. The SMILES string of the molecule is CN(C)c1ccc(SCc2ccc(F)cc2)cc1. The summed E-state index contributed by atoms with van der Waals surface area (Å²) in [5.74, 6) is 0.681. The third-order valence-corrected chi connectivity index (χ3v) is 3.76. The van der Waals surface area contributed by atoms with Gasteiger partial charge in [-0.3, -0.25) is 0 Å². The van der Waals surface area contributed by atoms with Gasteiger partial charge in [-0.2, -0.15) is 0 Å². The molecule has 2 aromatic carbocycles. The van der Waals surface area contributed by atoms with Crippen LogP contribution in [0.5, 0.6) is 0 Å². The molecule has 0 fully saturated rings. The van der Waals surface area contributed by atoms with Crippen LogP contribution in [0.4, 0.5) is 10.1 Å². The second-order valence-electron chi connectivity index (χ2n) is 4.30. The minimum atomic E-state index is -0.181. The highest BCUT2D eigenvalue weighted by molar-refractivity contribution is 7.98. The molecular weight excluding hydrogens is 245 g/mol. The topological polar surface area (TPSA) is 3.24 Å². The van der Waals surface area contributed by atoms with Crippen LogP contribution in [-0.2, 0) is 5.75 Å². The lowest BCUT2D eigenvalue weighted by Gasteiger charge is -2.12.